The SMILES string of the molecule is C=C(C)CC1([NH2+]C(C)c2ccccc2)CCCCC1. The maximum absolute atomic E-state index is 4.15. The van der Waals surface area contributed by atoms with Crippen LogP contribution in [0.25, 0.3) is 0 Å². The van der Waals surface area contributed by atoms with Gasteiger partial charge < -0.3 is 5.32 Å². The average Bonchev–Trinajstić information content (AvgIpc) is 2.39. The Morgan fingerprint density at radius 1 is 1.21 bits per heavy atom. The summed E-state index contributed by atoms with van der Waals surface area (Å²) in [5, 5.41) is 2.62. The van der Waals surface area contributed by atoms with Gasteiger partial charge in [-0.2, -0.15) is 0 Å². The van der Waals surface area contributed by atoms with Gasteiger partial charge in [0.25, 0.3) is 0 Å². The molecule has 1 unspecified atom stereocenters. The van der Waals surface area contributed by atoms with E-state index in [9.17, 15) is 0 Å². The number of hydrogen-bond acceptors (Lipinski definition) is 0. The van der Waals surface area contributed by atoms with Crippen LogP contribution in [0.15, 0.2) is 42.5 Å². The topological polar surface area (TPSA) is 16.6 Å². The van der Waals surface area contributed by atoms with Gasteiger partial charge in [-0.3, -0.25) is 0 Å². The minimum Gasteiger partial charge on any atom is -0.335 e. The highest BCUT2D eigenvalue weighted by molar-refractivity contribution is 5.16. The van der Waals surface area contributed by atoms with Gasteiger partial charge in [-0.25, -0.2) is 0 Å². The quantitative estimate of drug-likeness (QED) is 0.769. The summed E-state index contributed by atoms with van der Waals surface area (Å²) >= 11 is 0. The molecule has 0 saturated heterocycles. The summed E-state index contributed by atoms with van der Waals surface area (Å²) in [6, 6.07) is 11.4. The molecule has 0 radical (unpaired) electrons. The molecule has 0 aliphatic heterocycles. The Hall–Kier alpha value is -1.08. The summed E-state index contributed by atoms with van der Waals surface area (Å²) < 4.78 is 0. The molecule has 1 nitrogen and oxygen atoms in total. The largest absolute Gasteiger partial charge is 0.335 e. The van der Waals surface area contributed by atoms with E-state index in [0.29, 0.717) is 11.6 Å². The molecule has 0 aromatic heterocycles. The Bertz CT molecular complexity index is 401. The predicted octanol–water partition coefficient (Wildman–Crippen LogP) is 3.98. The lowest BCUT2D eigenvalue weighted by atomic mass is 9.77. The van der Waals surface area contributed by atoms with Gasteiger partial charge in [-0.1, -0.05) is 48.9 Å². The first-order valence-corrected chi connectivity index (χ1v) is 7.67. The Labute approximate surface area is 118 Å². The van der Waals surface area contributed by atoms with Crippen molar-refractivity contribution in [3.63, 3.8) is 0 Å². The van der Waals surface area contributed by atoms with Crippen LogP contribution in [0.5, 0.6) is 0 Å². The molecule has 1 atom stereocenters. The maximum Gasteiger partial charge on any atom is 0.109 e. The Morgan fingerprint density at radius 2 is 1.84 bits per heavy atom. The van der Waals surface area contributed by atoms with Crippen LogP contribution in [0, 0.1) is 0 Å². The molecule has 1 aliphatic rings. The fourth-order valence-corrected chi connectivity index (χ4v) is 3.64. The first-order valence-electron chi connectivity index (χ1n) is 7.67. The molecule has 2 N–H and O–H groups in total. The minimum atomic E-state index is 0.402. The van der Waals surface area contributed by atoms with E-state index >= 15 is 0 Å². The van der Waals surface area contributed by atoms with E-state index in [-0.39, 0.29) is 0 Å². The van der Waals surface area contributed by atoms with Crippen LogP contribution in [0.2, 0.25) is 0 Å². The number of benzene rings is 1. The van der Waals surface area contributed by atoms with Gasteiger partial charge in [0.1, 0.15) is 11.6 Å². The second-order valence-corrected chi connectivity index (χ2v) is 6.42. The first kappa shape index (κ1) is 14.3. The molecule has 0 bridgehead atoms. The van der Waals surface area contributed by atoms with E-state index in [0.717, 1.165) is 0 Å². The van der Waals surface area contributed by atoms with Crippen molar-refractivity contribution in [1.82, 2.24) is 0 Å². The Morgan fingerprint density at radius 3 is 2.42 bits per heavy atom. The Kier molecular flexibility index (Phi) is 4.81. The van der Waals surface area contributed by atoms with Gasteiger partial charge in [0, 0.05) is 24.8 Å². The second-order valence-electron chi connectivity index (χ2n) is 6.42. The smallest absolute Gasteiger partial charge is 0.109 e. The van der Waals surface area contributed by atoms with Crippen LogP contribution < -0.4 is 5.32 Å². The highest BCUT2D eigenvalue weighted by Crippen LogP contribution is 2.30. The molecule has 1 fully saturated rings. The van der Waals surface area contributed by atoms with Crippen molar-refractivity contribution >= 4 is 0 Å². The molecule has 19 heavy (non-hydrogen) atoms. The highest BCUT2D eigenvalue weighted by atomic mass is 15.0. The van der Waals surface area contributed by atoms with Crippen molar-refractivity contribution in [3.05, 3.63) is 48.0 Å². The van der Waals surface area contributed by atoms with Gasteiger partial charge in [-0.15, -0.1) is 0 Å². The molecule has 0 amide bonds. The zero-order chi connectivity index (χ0) is 13.7. The molecule has 1 aromatic rings. The van der Waals surface area contributed by atoms with Crippen LogP contribution in [0.4, 0.5) is 0 Å². The van der Waals surface area contributed by atoms with E-state index in [1.807, 2.05) is 0 Å². The summed E-state index contributed by atoms with van der Waals surface area (Å²) in [6.07, 6.45) is 8.03. The third-order valence-electron chi connectivity index (χ3n) is 4.43. The summed E-state index contributed by atoms with van der Waals surface area (Å²) in [4.78, 5) is 0. The van der Waals surface area contributed by atoms with Crippen molar-refractivity contribution < 1.29 is 5.32 Å². The lowest BCUT2D eigenvalue weighted by molar-refractivity contribution is -0.763. The van der Waals surface area contributed by atoms with E-state index in [4.69, 9.17) is 0 Å². The van der Waals surface area contributed by atoms with Crippen molar-refractivity contribution in [3.8, 4) is 0 Å². The van der Waals surface area contributed by atoms with Crippen molar-refractivity contribution in [2.75, 3.05) is 0 Å². The fraction of sp³-hybridized carbons (Fsp3) is 0.556. The van der Waals surface area contributed by atoms with E-state index in [1.54, 1.807) is 0 Å². The van der Waals surface area contributed by atoms with Crippen LogP contribution in [-0.4, -0.2) is 5.54 Å². The maximum atomic E-state index is 4.15. The Balaban J connectivity index is 2.09. The normalized spacial score (nSPS) is 19.9. The zero-order valence-corrected chi connectivity index (χ0v) is 12.5. The van der Waals surface area contributed by atoms with Crippen LogP contribution in [0.1, 0.15) is 64.0 Å². The number of nitrogens with two attached hydrogens (primary N) is 1. The van der Waals surface area contributed by atoms with Gasteiger partial charge in [0.15, 0.2) is 0 Å². The molecule has 0 heterocycles. The minimum absolute atomic E-state index is 0.402. The van der Waals surface area contributed by atoms with Crippen LogP contribution >= 0.6 is 0 Å². The number of quaternary nitrogens is 1. The third kappa shape index (κ3) is 3.94. The monoisotopic (exact) mass is 258 g/mol. The summed E-state index contributed by atoms with van der Waals surface area (Å²) in [6.45, 7) is 8.67. The van der Waals surface area contributed by atoms with Crippen molar-refractivity contribution in [1.29, 1.82) is 0 Å². The fourth-order valence-electron chi connectivity index (χ4n) is 3.64. The molecule has 104 valence electrons. The summed E-state index contributed by atoms with van der Waals surface area (Å²) in [5.41, 5.74) is 3.17. The highest BCUT2D eigenvalue weighted by Gasteiger charge is 2.37. The number of rotatable bonds is 5. The van der Waals surface area contributed by atoms with Gasteiger partial charge in [0.2, 0.25) is 0 Å². The average molecular weight is 258 g/mol. The second kappa shape index (κ2) is 6.38. The predicted molar refractivity (Wildman–Crippen MR) is 82.0 cm³/mol. The van der Waals surface area contributed by atoms with Crippen LogP contribution in [0.3, 0.4) is 0 Å². The van der Waals surface area contributed by atoms with Gasteiger partial charge >= 0.3 is 0 Å². The molecule has 1 saturated carbocycles. The summed E-state index contributed by atoms with van der Waals surface area (Å²) in [7, 11) is 0. The molecule has 0 spiro atoms. The molecular weight excluding hydrogens is 230 g/mol. The third-order valence-corrected chi connectivity index (χ3v) is 4.43. The van der Waals surface area contributed by atoms with Crippen molar-refractivity contribution in [2.24, 2.45) is 0 Å². The van der Waals surface area contributed by atoms with Crippen molar-refractivity contribution in [2.45, 2.75) is 64.0 Å². The van der Waals surface area contributed by atoms with E-state index < -0.39 is 0 Å². The van der Waals surface area contributed by atoms with Gasteiger partial charge in [-0.05, 0) is 26.7 Å². The van der Waals surface area contributed by atoms with E-state index in [1.165, 1.54) is 49.7 Å². The molecule has 1 aliphatic carbocycles. The molecule has 1 aromatic carbocycles. The van der Waals surface area contributed by atoms with Crippen LogP contribution in [-0.2, 0) is 0 Å². The molecule has 2 rings (SSSR count). The molecule has 1 heteroatoms. The van der Waals surface area contributed by atoms with E-state index in [2.05, 4.69) is 56.1 Å². The first-order chi connectivity index (χ1) is 9.11. The molecular formula is C18H28N+. The van der Waals surface area contributed by atoms with Gasteiger partial charge in [0.05, 0.1) is 0 Å². The zero-order valence-electron chi connectivity index (χ0n) is 12.5. The lowest BCUT2D eigenvalue weighted by Crippen LogP contribution is -2.97. The summed E-state index contributed by atoms with van der Waals surface area (Å²) in [5.74, 6) is 0. The number of hydrogen-bond donors (Lipinski definition) is 1. The lowest BCUT2D eigenvalue weighted by Gasteiger charge is -2.37. The standard InChI is InChI=1S/C18H27N/c1-15(2)14-18(12-8-5-9-13-18)19-16(3)17-10-6-4-7-11-17/h4,6-7,10-11,16,19H,1,5,8-9,12-14H2,2-3H3/p+1.